The van der Waals surface area contributed by atoms with Crippen LogP contribution in [0.1, 0.15) is 0 Å². The largest absolute Gasteiger partial charge is 0.359 e. The summed E-state index contributed by atoms with van der Waals surface area (Å²) in [4.78, 5) is 23.8. The van der Waals surface area contributed by atoms with Gasteiger partial charge in [-0.25, -0.2) is 9.59 Å². The Morgan fingerprint density at radius 3 is 2.55 bits per heavy atom. The van der Waals surface area contributed by atoms with Crippen molar-refractivity contribution in [3.8, 4) is 11.3 Å². The van der Waals surface area contributed by atoms with Crippen LogP contribution >= 0.6 is 11.6 Å². The Morgan fingerprint density at radius 1 is 1.05 bits per heavy atom. The van der Waals surface area contributed by atoms with Crippen LogP contribution in [0.3, 0.4) is 0 Å². The average molecular weight is 315 g/mol. The Hall–Kier alpha value is -2.79. The minimum Gasteiger partial charge on any atom is -0.327 e. The van der Waals surface area contributed by atoms with Gasteiger partial charge in [-0.15, -0.1) is 4.74 Å². The zero-order chi connectivity index (χ0) is 15.5. The number of hydrogen-bond acceptors (Lipinski definition) is 3. The molecule has 0 fully saturated rings. The van der Waals surface area contributed by atoms with Crippen molar-refractivity contribution in [2.75, 3.05) is 5.32 Å². The fourth-order valence-corrected chi connectivity index (χ4v) is 2.23. The number of nitrogens with one attached hydrogen (secondary N) is 1. The predicted molar refractivity (Wildman–Crippen MR) is 84.3 cm³/mol. The van der Waals surface area contributed by atoms with E-state index >= 15 is 0 Å². The summed E-state index contributed by atoms with van der Waals surface area (Å²) in [6.45, 7) is 0. The molecule has 0 aliphatic carbocycles. The van der Waals surface area contributed by atoms with Crippen LogP contribution < -0.4 is 10.9 Å². The van der Waals surface area contributed by atoms with Crippen molar-refractivity contribution in [3.05, 3.63) is 76.1 Å². The lowest BCUT2D eigenvalue weighted by molar-refractivity contribution is 0.220. The molecule has 2 aromatic carbocycles. The number of rotatable bonds is 2. The third-order valence-corrected chi connectivity index (χ3v) is 3.22. The van der Waals surface area contributed by atoms with Crippen molar-refractivity contribution in [2.24, 2.45) is 0 Å². The van der Waals surface area contributed by atoms with Gasteiger partial charge in [-0.1, -0.05) is 48.0 Å². The van der Waals surface area contributed by atoms with E-state index in [9.17, 15) is 9.59 Å². The predicted octanol–water partition coefficient (Wildman–Crippen LogP) is 3.84. The summed E-state index contributed by atoms with van der Waals surface area (Å²) in [5.74, 6) is 0. The van der Waals surface area contributed by atoms with E-state index in [0.717, 1.165) is 4.74 Å². The molecule has 3 aromatic rings. The molecule has 1 amide bonds. The van der Waals surface area contributed by atoms with Gasteiger partial charge in [0, 0.05) is 16.3 Å². The highest BCUT2D eigenvalue weighted by Gasteiger charge is 2.16. The molecule has 6 heteroatoms. The summed E-state index contributed by atoms with van der Waals surface area (Å²) >= 11 is 5.87. The second kappa shape index (κ2) is 5.91. The summed E-state index contributed by atoms with van der Waals surface area (Å²) in [6, 6.07) is 16.4. The molecule has 0 aliphatic rings. The lowest BCUT2D eigenvalue weighted by Crippen LogP contribution is -2.19. The van der Waals surface area contributed by atoms with Gasteiger partial charge in [0.15, 0.2) is 0 Å². The molecule has 1 aromatic heterocycles. The monoisotopic (exact) mass is 314 g/mol. The number of hydrogen-bond donors (Lipinski definition) is 1. The Bertz CT molecular complexity index is 868. The maximum absolute atomic E-state index is 12.3. The number of carbonyl (C=O) groups is 1. The van der Waals surface area contributed by atoms with E-state index in [-0.39, 0.29) is 0 Å². The topological polar surface area (TPSA) is 64.2 Å². The van der Waals surface area contributed by atoms with Gasteiger partial charge in [0.1, 0.15) is 5.69 Å². The van der Waals surface area contributed by atoms with Gasteiger partial charge in [-0.3, -0.25) is 0 Å². The number of carbonyl (C=O) groups excluding carboxylic acids is 1. The second-order valence-electron chi connectivity index (χ2n) is 4.54. The first-order valence-corrected chi connectivity index (χ1v) is 6.87. The van der Waals surface area contributed by atoms with Crippen molar-refractivity contribution in [2.45, 2.75) is 0 Å². The Morgan fingerprint density at radius 2 is 1.82 bits per heavy atom. The van der Waals surface area contributed by atoms with Crippen LogP contribution in [-0.4, -0.2) is 10.8 Å². The van der Waals surface area contributed by atoms with E-state index in [1.54, 1.807) is 36.4 Å². The summed E-state index contributed by atoms with van der Waals surface area (Å²) in [7, 11) is 0. The lowest BCUT2D eigenvalue weighted by atomic mass is 10.1. The van der Waals surface area contributed by atoms with Crippen molar-refractivity contribution < 1.29 is 9.32 Å². The maximum Gasteiger partial charge on any atom is 0.359 e. The zero-order valence-corrected chi connectivity index (χ0v) is 12.1. The third kappa shape index (κ3) is 2.94. The van der Waals surface area contributed by atoms with Crippen LogP contribution in [0.15, 0.2) is 70.0 Å². The summed E-state index contributed by atoms with van der Waals surface area (Å²) < 4.78 is 5.88. The minimum atomic E-state index is -0.597. The molecule has 0 atom stereocenters. The molecule has 0 spiro atoms. The second-order valence-corrected chi connectivity index (χ2v) is 4.98. The SMILES string of the molecule is O=C(Nc1cccc(Cl)c1)n1oc(=O)cc1-c1ccccc1. The molecule has 110 valence electrons. The number of nitrogens with zero attached hydrogens (tertiary/aromatic N) is 1. The number of anilines is 1. The van der Waals surface area contributed by atoms with E-state index in [4.69, 9.17) is 16.1 Å². The highest BCUT2D eigenvalue weighted by molar-refractivity contribution is 6.30. The molecular formula is C16H11ClN2O3. The average Bonchev–Trinajstić information content (AvgIpc) is 2.90. The zero-order valence-electron chi connectivity index (χ0n) is 11.3. The van der Waals surface area contributed by atoms with Crippen LogP contribution in [0.25, 0.3) is 11.3 Å². The summed E-state index contributed by atoms with van der Waals surface area (Å²) in [5.41, 5.74) is 0.993. The number of aromatic nitrogens is 1. The minimum absolute atomic E-state index is 0.380. The van der Waals surface area contributed by atoms with E-state index in [1.807, 2.05) is 18.2 Å². The van der Waals surface area contributed by atoms with Gasteiger partial charge in [-0.2, -0.15) is 0 Å². The first-order chi connectivity index (χ1) is 10.6. The van der Waals surface area contributed by atoms with Gasteiger partial charge in [0.05, 0.1) is 6.07 Å². The molecule has 0 unspecified atom stereocenters. The molecule has 1 N–H and O–H groups in total. The van der Waals surface area contributed by atoms with Gasteiger partial charge in [0.25, 0.3) is 0 Å². The van der Waals surface area contributed by atoms with Crippen LogP contribution in [0.4, 0.5) is 10.5 Å². The molecule has 0 aliphatic heterocycles. The van der Waals surface area contributed by atoms with Gasteiger partial charge in [-0.05, 0) is 18.2 Å². The van der Waals surface area contributed by atoms with E-state index < -0.39 is 11.7 Å². The van der Waals surface area contributed by atoms with Crippen molar-refractivity contribution in [3.63, 3.8) is 0 Å². The number of amides is 1. The first-order valence-electron chi connectivity index (χ1n) is 6.49. The molecular weight excluding hydrogens is 304 g/mol. The van der Waals surface area contributed by atoms with Crippen LogP contribution in [0.2, 0.25) is 5.02 Å². The van der Waals surface area contributed by atoms with Crippen LogP contribution in [0.5, 0.6) is 0 Å². The quantitative estimate of drug-likeness (QED) is 0.781. The molecule has 22 heavy (non-hydrogen) atoms. The Balaban J connectivity index is 1.95. The van der Waals surface area contributed by atoms with E-state index in [0.29, 0.717) is 22.0 Å². The summed E-state index contributed by atoms with van der Waals surface area (Å²) in [6.07, 6.45) is 0. The fourth-order valence-electron chi connectivity index (χ4n) is 2.04. The standard InChI is InChI=1S/C16H11ClN2O3/c17-12-7-4-8-13(9-12)18-16(21)19-14(10-15(20)22-19)11-5-2-1-3-6-11/h1-10H,(H,18,21). The Labute approximate surface area is 130 Å². The molecule has 0 saturated heterocycles. The lowest BCUT2D eigenvalue weighted by Gasteiger charge is -2.07. The number of benzene rings is 2. The van der Waals surface area contributed by atoms with Gasteiger partial charge < -0.3 is 9.84 Å². The fraction of sp³-hybridized carbons (Fsp3) is 0. The molecule has 0 saturated carbocycles. The van der Waals surface area contributed by atoms with E-state index in [1.165, 1.54) is 6.07 Å². The highest BCUT2D eigenvalue weighted by Crippen LogP contribution is 2.19. The highest BCUT2D eigenvalue weighted by atomic mass is 35.5. The van der Waals surface area contributed by atoms with E-state index in [2.05, 4.69) is 5.32 Å². The van der Waals surface area contributed by atoms with Crippen molar-refractivity contribution in [1.82, 2.24) is 4.74 Å². The smallest absolute Gasteiger partial charge is 0.327 e. The first kappa shape index (κ1) is 14.2. The van der Waals surface area contributed by atoms with Crippen molar-refractivity contribution >= 4 is 23.3 Å². The molecule has 1 heterocycles. The van der Waals surface area contributed by atoms with Crippen LogP contribution in [-0.2, 0) is 0 Å². The van der Waals surface area contributed by atoms with Gasteiger partial charge in [0.2, 0.25) is 0 Å². The van der Waals surface area contributed by atoms with Crippen LogP contribution in [0, 0.1) is 0 Å². The molecule has 0 radical (unpaired) electrons. The molecule has 5 nitrogen and oxygen atoms in total. The van der Waals surface area contributed by atoms with Gasteiger partial charge >= 0.3 is 11.7 Å². The van der Waals surface area contributed by atoms with Crippen molar-refractivity contribution in [1.29, 1.82) is 0 Å². The normalized spacial score (nSPS) is 10.4. The third-order valence-electron chi connectivity index (χ3n) is 2.98. The molecule has 0 bridgehead atoms. The maximum atomic E-state index is 12.3. The number of halogens is 1. The summed E-state index contributed by atoms with van der Waals surface area (Å²) in [5, 5.41) is 3.12. The molecule has 3 rings (SSSR count). The Kier molecular flexibility index (Phi) is 3.80.